The van der Waals surface area contributed by atoms with Crippen LogP contribution in [0.25, 0.3) is 49.0 Å². The van der Waals surface area contributed by atoms with E-state index in [2.05, 4.69) is 28.8 Å². The Morgan fingerprint density at radius 1 is 0.471 bits per heavy atom. The molecule has 1 aliphatic heterocycles. The Labute approximate surface area is 195 Å². The molecule has 0 spiro atoms. The van der Waals surface area contributed by atoms with Gasteiger partial charge in [0.25, 0.3) is 0 Å². The largest absolute Gasteiger partial charge is 0.453 e. The highest BCUT2D eigenvalue weighted by Gasteiger charge is 2.20. The van der Waals surface area contributed by atoms with E-state index in [-0.39, 0.29) is 5.43 Å². The second-order valence-corrected chi connectivity index (χ2v) is 8.49. The standard InChI is InChI=1S/C31H19NO2/c33-31-24-13-3-1-10-20(24)22-12-5-6-16-26(22)32-27-17-7-8-18-28(27)34-29-19-9-15-23(30(29)32)21-11-2-4-14-25(21)31/h1-19H. The van der Waals surface area contributed by atoms with Crippen molar-refractivity contribution in [2.75, 3.05) is 0 Å². The number of rotatable bonds is 0. The van der Waals surface area contributed by atoms with Crippen LogP contribution >= 0.6 is 0 Å². The number of para-hydroxylation sites is 4. The molecule has 0 unspecified atom stereocenters. The van der Waals surface area contributed by atoms with Crippen molar-refractivity contribution in [1.82, 2.24) is 4.57 Å². The van der Waals surface area contributed by atoms with E-state index in [1.165, 1.54) is 0 Å². The summed E-state index contributed by atoms with van der Waals surface area (Å²) in [6.07, 6.45) is 0. The molecule has 0 radical (unpaired) electrons. The Morgan fingerprint density at radius 3 is 1.76 bits per heavy atom. The Balaban J connectivity index is 1.96. The van der Waals surface area contributed by atoms with Crippen molar-refractivity contribution in [3.8, 4) is 17.2 Å². The maximum atomic E-state index is 14.0. The number of hydrogen-bond donors (Lipinski definition) is 0. The predicted octanol–water partition coefficient (Wildman–Crippen LogP) is 7.68. The summed E-state index contributed by atoms with van der Waals surface area (Å²) in [5, 5.41) is 5.16. The van der Waals surface area contributed by atoms with Gasteiger partial charge in [0.15, 0.2) is 16.9 Å². The summed E-state index contributed by atoms with van der Waals surface area (Å²) >= 11 is 0. The van der Waals surface area contributed by atoms with E-state index >= 15 is 0 Å². The highest BCUT2D eigenvalue weighted by molar-refractivity contribution is 6.12. The van der Waals surface area contributed by atoms with Gasteiger partial charge in [0.1, 0.15) is 0 Å². The van der Waals surface area contributed by atoms with E-state index < -0.39 is 0 Å². The molecule has 0 aliphatic carbocycles. The number of nitrogens with zero attached hydrogens (tertiary/aromatic N) is 1. The van der Waals surface area contributed by atoms with Crippen LogP contribution < -0.4 is 10.2 Å². The lowest BCUT2D eigenvalue weighted by Crippen LogP contribution is -2.07. The molecule has 0 N–H and O–H groups in total. The van der Waals surface area contributed by atoms with Gasteiger partial charge < -0.3 is 9.30 Å². The first-order valence-electron chi connectivity index (χ1n) is 11.3. The third kappa shape index (κ3) is 2.61. The predicted molar refractivity (Wildman–Crippen MR) is 140 cm³/mol. The topological polar surface area (TPSA) is 31.2 Å². The van der Waals surface area contributed by atoms with Crippen molar-refractivity contribution >= 4 is 43.4 Å². The smallest absolute Gasteiger partial charge is 0.194 e. The fourth-order valence-corrected chi connectivity index (χ4v) is 5.14. The monoisotopic (exact) mass is 437 g/mol. The zero-order valence-corrected chi connectivity index (χ0v) is 18.2. The Kier molecular flexibility index (Phi) is 4.00. The van der Waals surface area contributed by atoms with Crippen LogP contribution in [0, 0.1) is 0 Å². The van der Waals surface area contributed by atoms with Crippen LogP contribution in [0.15, 0.2) is 120 Å². The van der Waals surface area contributed by atoms with Crippen LogP contribution in [0.4, 0.5) is 0 Å². The molecule has 6 aromatic rings. The molecule has 0 saturated carbocycles. The van der Waals surface area contributed by atoms with Crippen LogP contribution in [-0.2, 0) is 0 Å². The van der Waals surface area contributed by atoms with Crippen molar-refractivity contribution in [3.63, 3.8) is 0 Å². The molecular weight excluding hydrogens is 418 g/mol. The van der Waals surface area contributed by atoms with Crippen molar-refractivity contribution in [1.29, 1.82) is 0 Å². The van der Waals surface area contributed by atoms with Crippen molar-refractivity contribution < 1.29 is 4.74 Å². The minimum absolute atomic E-state index is 0.0178. The second kappa shape index (κ2) is 7.19. The summed E-state index contributed by atoms with van der Waals surface area (Å²) in [7, 11) is 0. The van der Waals surface area contributed by atoms with Gasteiger partial charge in [-0.25, -0.2) is 0 Å². The maximum Gasteiger partial charge on any atom is 0.194 e. The normalized spacial score (nSPS) is 11.9. The van der Waals surface area contributed by atoms with Crippen LogP contribution in [0.3, 0.4) is 0 Å². The molecule has 0 amide bonds. The van der Waals surface area contributed by atoms with Crippen LogP contribution in [0.1, 0.15) is 0 Å². The molecule has 0 bridgehead atoms. The molecule has 3 nitrogen and oxygen atoms in total. The molecule has 0 saturated heterocycles. The molecule has 7 rings (SSSR count). The first-order chi connectivity index (χ1) is 16.8. The summed E-state index contributed by atoms with van der Waals surface area (Å²) in [5.41, 5.74) is 2.93. The number of ether oxygens (including phenoxy) is 1. The van der Waals surface area contributed by atoms with E-state index in [1.807, 2.05) is 91.0 Å². The van der Waals surface area contributed by atoms with Crippen molar-refractivity contribution in [2.45, 2.75) is 0 Å². The number of hydrogen-bond acceptors (Lipinski definition) is 2. The minimum Gasteiger partial charge on any atom is -0.453 e. The van der Waals surface area contributed by atoms with E-state index in [4.69, 9.17) is 4.74 Å². The Bertz CT molecular complexity index is 1920. The second-order valence-electron chi connectivity index (χ2n) is 8.49. The highest BCUT2D eigenvalue weighted by atomic mass is 16.5. The minimum atomic E-state index is 0.0178. The highest BCUT2D eigenvalue weighted by Crippen LogP contribution is 2.42. The average Bonchev–Trinajstić information content (AvgIpc) is 2.91. The maximum absolute atomic E-state index is 14.0. The molecule has 0 atom stereocenters. The van der Waals surface area contributed by atoms with Gasteiger partial charge in [-0.05, 0) is 35.0 Å². The van der Waals surface area contributed by atoms with E-state index in [9.17, 15) is 4.79 Å². The summed E-state index contributed by atoms with van der Waals surface area (Å²) < 4.78 is 8.67. The summed E-state index contributed by atoms with van der Waals surface area (Å²) in [5.74, 6) is 1.57. The first-order valence-corrected chi connectivity index (χ1v) is 11.3. The fourth-order valence-electron chi connectivity index (χ4n) is 5.14. The van der Waals surface area contributed by atoms with Crippen LogP contribution in [0.2, 0.25) is 0 Å². The molecule has 2 heterocycles. The van der Waals surface area contributed by atoms with E-state index in [1.54, 1.807) is 0 Å². The van der Waals surface area contributed by atoms with Crippen molar-refractivity contribution in [3.05, 3.63) is 125 Å². The van der Waals surface area contributed by atoms with Gasteiger partial charge >= 0.3 is 0 Å². The van der Waals surface area contributed by atoms with Gasteiger partial charge in [-0.15, -0.1) is 0 Å². The molecular formula is C31H19NO2. The van der Waals surface area contributed by atoms with Crippen molar-refractivity contribution in [2.24, 2.45) is 0 Å². The number of benzene rings is 5. The van der Waals surface area contributed by atoms with E-state index in [0.29, 0.717) is 10.8 Å². The van der Waals surface area contributed by atoms with Crippen LogP contribution in [-0.4, -0.2) is 4.57 Å². The Morgan fingerprint density at radius 2 is 1.00 bits per heavy atom. The van der Waals surface area contributed by atoms with Gasteiger partial charge in [0, 0.05) is 21.5 Å². The molecule has 1 aromatic heterocycles. The zero-order valence-electron chi connectivity index (χ0n) is 18.2. The average molecular weight is 437 g/mol. The lowest BCUT2D eigenvalue weighted by molar-refractivity contribution is 0.476. The summed E-state index contributed by atoms with van der Waals surface area (Å²) in [6, 6.07) is 38.2. The summed E-state index contributed by atoms with van der Waals surface area (Å²) in [4.78, 5) is 14.0. The lowest BCUT2D eigenvalue weighted by Gasteiger charge is -2.24. The third-order valence-corrected chi connectivity index (χ3v) is 6.62. The number of fused-ring (bicyclic) bond motifs is 8. The molecule has 160 valence electrons. The fraction of sp³-hybridized carbons (Fsp3) is 0. The molecule has 34 heavy (non-hydrogen) atoms. The molecule has 1 aliphatic rings. The molecule has 3 heteroatoms. The van der Waals surface area contributed by atoms with Gasteiger partial charge in [-0.2, -0.15) is 0 Å². The molecule has 5 aromatic carbocycles. The van der Waals surface area contributed by atoms with Gasteiger partial charge in [-0.1, -0.05) is 91.0 Å². The summed E-state index contributed by atoms with van der Waals surface area (Å²) in [6.45, 7) is 0. The molecule has 0 fully saturated rings. The van der Waals surface area contributed by atoms with Gasteiger partial charge in [-0.3, -0.25) is 4.79 Å². The quantitative estimate of drug-likeness (QED) is 0.244. The first kappa shape index (κ1) is 18.9. The van der Waals surface area contributed by atoms with Gasteiger partial charge in [0.2, 0.25) is 0 Å². The Hall–Kier alpha value is -4.63. The SMILES string of the molecule is O=c1c2ccccc2c2ccccc2n2c3c(cccc3c3ccccc13)Oc1ccccc1-2. The lowest BCUT2D eigenvalue weighted by atomic mass is 10.0. The van der Waals surface area contributed by atoms with Crippen LogP contribution in [0.5, 0.6) is 11.5 Å². The van der Waals surface area contributed by atoms with E-state index in [0.717, 1.165) is 49.8 Å². The zero-order chi connectivity index (χ0) is 22.6. The third-order valence-electron chi connectivity index (χ3n) is 6.62. The number of aromatic nitrogens is 1. The van der Waals surface area contributed by atoms with Gasteiger partial charge in [0.05, 0.1) is 16.7 Å².